The number of benzene rings is 9. The Balaban J connectivity index is 1.13. The summed E-state index contributed by atoms with van der Waals surface area (Å²) in [6.07, 6.45) is 0. The average molecular weight is 783 g/mol. The fourth-order valence-corrected chi connectivity index (χ4v) is 8.64. The summed E-state index contributed by atoms with van der Waals surface area (Å²) in [7, 11) is 0. The molecule has 3 aromatic heterocycles. The highest BCUT2D eigenvalue weighted by Gasteiger charge is 2.24. The molecule has 286 valence electrons. The van der Waals surface area contributed by atoms with E-state index in [9.17, 15) is 0 Å². The standard InChI is InChI=1S/C55H34N4O2/c1-3-14-35(15-4-1)37-26-29-40(30-27-37)59(41-31-28-36-16-7-8-19-39(36)32-41)42-33-46(52-44-21-10-12-24-48(44)61-50(52)34-42)55-57-53(38-17-5-2-6-18-38)56-54(58-55)45-22-13-25-49-51(45)43-20-9-11-23-47(43)60-49/h1-34H. The molecule has 0 aliphatic heterocycles. The van der Waals surface area contributed by atoms with Gasteiger partial charge in [0.1, 0.15) is 22.3 Å². The Morgan fingerprint density at radius 3 is 1.59 bits per heavy atom. The molecule has 0 radical (unpaired) electrons. The normalized spacial score (nSPS) is 11.6. The highest BCUT2D eigenvalue weighted by atomic mass is 16.3. The number of fused-ring (bicyclic) bond motifs is 7. The minimum absolute atomic E-state index is 0.532. The van der Waals surface area contributed by atoms with Crippen molar-refractivity contribution in [2.75, 3.05) is 4.90 Å². The third kappa shape index (κ3) is 6.00. The molecule has 0 unspecified atom stereocenters. The number of furan rings is 2. The van der Waals surface area contributed by atoms with E-state index in [4.69, 9.17) is 23.8 Å². The average Bonchev–Trinajstić information content (AvgIpc) is 3.91. The molecule has 6 nitrogen and oxygen atoms in total. The maximum atomic E-state index is 6.74. The number of anilines is 3. The lowest BCUT2D eigenvalue weighted by molar-refractivity contribution is 0.668. The summed E-state index contributed by atoms with van der Waals surface area (Å²) in [4.78, 5) is 18.1. The van der Waals surface area contributed by atoms with Crippen LogP contribution in [0.15, 0.2) is 215 Å². The van der Waals surface area contributed by atoms with Crippen LogP contribution in [0.1, 0.15) is 0 Å². The first-order valence-corrected chi connectivity index (χ1v) is 20.3. The van der Waals surface area contributed by atoms with Gasteiger partial charge in [-0.1, -0.05) is 152 Å². The molecule has 12 aromatic rings. The molecular formula is C55H34N4O2. The SMILES string of the molecule is c1ccc(-c2ccc(N(c3ccc4ccccc4c3)c3cc(-c4nc(-c5ccccc5)nc(-c5cccc6oc7ccccc7c56)n4)c4c(c3)oc3ccccc34)cc2)cc1. The van der Waals surface area contributed by atoms with Gasteiger partial charge in [0.05, 0.1) is 5.69 Å². The number of nitrogens with zero attached hydrogens (tertiary/aromatic N) is 4. The van der Waals surface area contributed by atoms with Crippen molar-refractivity contribution in [2.45, 2.75) is 0 Å². The highest BCUT2D eigenvalue weighted by molar-refractivity contribution is 6.14. The minimum Gasteiger partial charge on any atom is -0.456 e. The van der Waals surface area contributed by atoms with Gasteiger partial charge in [-0.3, -0.25) is 0 Å². The molecule has 9 aromatic carbocycles. The quantitative estimate of drug-likeness (QED) is 0.160. The Morgan fingerprint density at radius 1 is 0.311 bits per heavy atom. The maximum absolute atomic E-state index is 6.74. The predicted octanol–water partition coefficient (Wildman–Crippen LogP) is 15.0. The van der Waals surface area contributed by atoms with E-state index >= 15 is 0 Å². The van der Waals surface area contributed by atoms with Crippen LogP contribution >= 0.6 is 0 Å². The summed E-state index contributed by atoms with van der Waals surface area (Å²) in [5.74, 6) is 1.65. The molecule has 0 saturated carbocycles. The molecule has 0 bridgehead atoms. The van der Waals surface area contributed by atoms with Gasteiger partial charge in [-0.15, -0.1) is 0 Å². The molecule has 61 heavy (non-hydrogen) atoms. The summed E-state index contributed by atoms with van der Waals surface area (Å²) in [5, 5.41) is 6.20. The lowest BCUT2D eigenvalue weighted by Gasteiger charge is -2.26. The van der Waals surface area contributed by atoms with Crippen molar-refractivity contribution in [3.05, 3.63) is 206 Å². The molecule has 0 aliphatic carbocycles. The van der Waals surface area contributed by atoms with Crippen LogP contribution in [0.4, 0.5) is 17.1 Å². The van der Waals surface area contributed by atoms with E-state index in [1.54, 1.807) is 0 Å². The Kier molecular flexibility index (Phi) is 8.06. The van der Waals surface area contributed by atoms with Crippen LogP contribution in [-0.4, -0.2) is 15.0 Å². The van der Waals surface area contributed by atoms with Gasteiger partial charge in [-0.05, 0) is 70.4 Å². The lowest BCUT2D eigenvalue weighted by atomic mass is 10.0. The van der Waals surface area contributed by atoms with Crippen LogP contribution in [0.5, 0.6) is 0 Å². The minimum atomic E-state index is 0.532. The van der Waals surface area contributed by atoms with E-state index in [1.807, 2.05) is 84.9 Å². The lowest BCUT2D eigenvalue weighted by Crippen LogP contribution is -2.10. The van der Waals surface area contributed by atoms with E-state index < -0.39 is 0 Å². The Labute approximate surface area is 350 Å². The molecule has 0 saturated heterocycles. The van der Waals surface area contributed by atoms with Gasteiger partial charge in [0.2, 0.25) is 0 Å². The summed E-state index contributed by atoms with van der Waals surface area (Å²) < 4.78 is 13.1. The maximum Gasteiger partial charge on any atom is 0.164 e. The molecule has 0 aliphatic rings. The van der Waals surface area contributed by atoms with Crippen LogP contribution in [-0.2, 0) is 0 Å². The van der Waals surface area contributed by atoms with Gasteiger partial charge in [0.15, 0.2) is 17.5 Å². The predicted molar refractivity (Wildman–Crippen MR) is 248 cm³/mol. The second kappa shape index (κ2) is 14.2. The Hall–Kier alpha value is -8.35. The Bertz CT molecular complexity index is 3590. The second-order valence-electron chi connectivity index (χ2n) is 15.2. The van der Waals surface area contributed by atoms with Gasteiger partial charge in [-0.25, -0.2) is 15.0 Å². The summed E-state index contributed by atoms with van der Waals surface area (Å²) in [6, 6.07) is 71.0. The van der Waals surface area contributed by atoms with Gasteiger partial charge in [-0.2, -0.15) is 0 Å². The smallest absolute Gasteiger partial charge is 0.164 e. The molecule has 0 N–H and O–H groups in total. The number of hydrogen-bond donors (Lipinski definition) is 0. The fourth-order valence-electron chi connectivity index (χ4n) is 8.64. The van der Waals surface area contributed by atoms with Crippen molar-refractivity contribution < 1.29 is 8.83 Å². The van der Waals surface area contributed by atoms with Gasteiger partial charge < -0.3 is 13.7 Å². The van der Waals surface area contributed by atoms with Crippen LogP contribution in [0.2, 0.25) is 0 Å². The monoisotopic (exact) mass is 782 g/mol. The molecule has 0 amide bonds. The summed E-state index contributed by atoms with van der Waals surface area (Å²) in [6.45, 7) is 0. The first kappa shape index (κ1) is 34.7. The van der Waals surface area contributed by atoms with Crippen LogP contribution in [0.25, 0.3) is 99.9 Å². The number of hydrogen-bond acceptors (Lipinski definition) is 6. The summed E-state index contributed by atoms with van der Waals surface area (Å²) >= 11 is 0. The fraction of sp³-hybridized carbons (Fsp3) is 0. The summed E-state index contributed by atoms with van der Waals surface area (Å²) in [5.41, 5.74) is 10.9. The first-order valence-electron chi connectivity index (χ1n) is 20.3. The molecule has 0 fully saturated rings. The number of para-hydroxylation sites is 2. The molecule has 6 heteroatoms. The first-order chi connectivity index (χ1) is 30.2. The van der Waals surface area contributed by atoms with Gasteiger partial charge in [0.25, 0.3) is 0 Å². The van der Waals surface area contributed by atoms with E-state index in [1.165, 1.54) is 5.39 Å². The van der Waals surface area contributed by atoms with Crippen molar-refractivity contribution >= 4 is 71.7 Å². The molecule has 12 rings (SSSR count). The van der Waals surface area contributed by atoms with E-state index in [-0.39, 0.29) is 0 Å². The van der Waals surface area contributed by atoms with E-state index in [0.29, 0.717) is 17.5 Å². The zero-order valence-electron chi connectivity index (χ0n) is 32.7. The van der Waals surface area contributed by atoms with Crippen LogP contribution in [0, 0.1) is 0 Å². The zero-order valence-corrected chi connectivity index (χ0v) is 32.7. The third-order valence-electron chi connectivity index (χ3n) is 11.5. The topological polar surface area (TPSA) is 68.2 Å². The van der Waals surface area contributed by atoms with Gasteiger partial charge in [0, 0.05) is 55.7 Å². The number of rotatable bonds is 7. The Morgan fingerprint density at radius 2 is 0.852 bits per heavy atom. The van der Waals surface area contributed by atoms with Crippen molar-refractivity contribution in [3.63, 3.8) is 0 Å². The highest BCUT2D eigenvalue weighted by Crippen LogP contribution is 2.45. The van der Waals surface area contributed by atoms with E-state index in [2.05, 4.69) is 126 Å². The molecule has 3 heterocycles. The zero-order chi connectivity index (χ0) is 40.3. The molecular weight excluding hydrogens is 749 g/mol. The molecule has 0 atom stereocenters. The van der Waals surface area contributed by atoms with Gasteiger partial charge >= 0.3 is 0 Å². The molecule has 0 spiro atoms. The van der Waals surface area contributed by atoms with Crippen LogP contribution in [0.3, 0.4) is 0 Å². The van der Waals surface area contributed by atoms with Crippen LogP contribution < -0.4 is 4.90 Å². The second-order valence-corrected chi connectivity index (χ2v) is 15.2. The third-order valence-corrected chi connectivity index (χ3v) is 11.5. The van der Waals surface area contributed by atoms with Crippen molar-refractivity contribution in [1.29, 1.82) is 0 Å². The largest absolute Gasteiger partial charge is 0.456 e. The van der Waals surface area contributed by atoms with Crippen molar-refractivity contribution in [1.82, 2.24) is 15.0 Å². The number of aromatic nitrogens is 3. The van der Waals surface area contributed by atoms with E-state index in [0.717, 1.165) is 94.1 Å². The van der Waals surface area contributed by atoms with Crippen molar-refractivity contribution in [3.8, 4) is 45.3 Å². The van der Waals surface area contributed by atoms with Crippen molar-refractivity contribution in [2.24, 2.45) is 0 Å².